The van der Waals surface area contributed by atoms with Crippen LogP contribution < -0.4 is 10.9 Å². The first kappa shape index (κ1) is 19.0. The van der Waals surface area contributed by atoms with Gasteiger partial charge in [-0.05, 0) is 43.2 Å². The van der Waals surface area contributed by atoms with Crippen molar-refractivity contribution < 1.29 is 13.7 Å². The predicted molar refractivity (Wildman–Crippen MR) is 102 cm³/mol. The van der Waals surface area contributed by atoms with Gasteiger partial charge in [0.25, 0.3) is 5.56 Å². The number of carbonyl (C=O) groups excluding carboxylic acids is 1. The summed E-state index contributed by atoms with van der Waals surface area (Å²) < 4.78 is 19.3. The molecule has 2 aromatic heterocycles. The average molecular weight is 397 g/mol. The lowest BCUT2D eigenvalue weighted by molar-refractivity contribution is 0.0883. The van der Waals surface area contributed by atoms with E-state index in [0.29, 0.717) is 11.3 Å². The van der Waals surface area contributed by atoms with Crippen molar-refractivity contribution in [2.24, 2.45) is 0 Å². The summed E-state index contributed by atoms with van der Waals surface area (Å²) in [5, 5.41) is 11.0. The third-order valence-electron chi connectivity index (χ3n) is 4.90. The topological polar surface area (TPSA) is 103 Å². The Morgan fingerprint density at radius 1 is 1.14 bits per heavy atom. The van der Waals surface area contributed by atoms with E-state index in [1.807, 2.05) is 0 Å². The molecule has 0 bridgehead atoms. The molecule has 0 spiro atoms. The van der Waals surface area contributed by atoms with Crippen molar-refractivity contribution in [1.29, 1.82) is 0 Å². The smallest absolute Gasteiger partial charge is 0.316 e. The minimum Gasteiger partial charge on any atom is -0.345 e. The largest absolute Gasteiger partial charge is 0.345 e. The first-order chi connectivity index (χ1) is 14.1. The van der Waals surface area contributed by atoms with Gasteiger partial charge in [-0.1, -0.05) is 24.4 Å². The number of rotatable bonds is 5. The number of nitrogens with zero attached hydrogens (tertiary/aromatic N) is 4. The van der Waals surface area contributed by atoms with Crippen LogP contribution in [0.4, 0.5) is 4.39 Å². The summed E-state index contributed by atoms with van der Waals surface area (Å²) in [6.07, 6.45) is 5.28. The Hall–Kier alpha value is -3.36. The molecule has 0 atom stereocenters. The van der Waals surface area contributed by atoms with Gasteiger partial charge in [-0.25, -0.2) is 9.07 Å². The van der Waals surface area contributed by atoms with Gasteiger partial charge in [-0.15, -0.1) is 0 Å². The molecule has 0 unspecified atom stereocenters. The summed E-state index contributed by atoms with van der Waals surface area (Å²) in [7, 11) is 0. The molecule has 1 fully saturated rings. The number of hydrogen-bond donors (Lipinski definition) is 1. The highest BCUT2D eigenvalue weighted by molar-refractivity contribution is 5.89. The molecule has 2 heterocycles. The Bertz CT molecular complexity index is 1050. The molecule has 29 heavy (non-hydrogen) atoms. The number of hydrogen-bond acceptors (Lipinski definition) is 6. The maximum Gasteiger partial charge on any atom is 0.316 e. The zero-order chi connectivity index (χ0) is 20.2. The monoisotopic (exact) mass is 397 g/mol. The summed E-state index contributed by atoms with van der Waals surface area (Å²) in [4.78, 5) is 28.5. The summed E-state index contributed by atoms with van der Waals surface area (Å²) >= 11 is 0. The second-order valence-electron chi connectivity index (χ2n) is 7.05. The highest BCUT2D eigenvalue weighted by atomic mass is 19.1. The Kier molecular flexibility index (Phi) is 5.46. The summed E-state index contributed by atoms with van der Waals surface area (Å²) in [6.45, 7) is -0.0475. The van der Waals surface area contributed by atoms with Gasteiger partial charge in [0.15, 0.2) is 5.82 Å². The molecular formula is C20H20FN5O3. The van der Waals surface area contributed by atoms with Crippen molar-refractivity contribution in [3.05, 3.63) is 64.3 Å². The van der Waals surface area contributed by atoms with E-state index in [1.54, 1.807) is 18.2 Å². The molecule has 1 saturated carbocycles. The van der Waals surface area contributed by atoms with Crippen molar-refractivity contribution in [1.82, 2.24) is 25.2 Å². The molecule has 0 saturated heterocycles. The van der Waals surface area contributed by atoms with Crippen LogP contribution in [0.1, 0.15) is 48.6 Å². The molecule has 1 aliphatic rings. The van der Waals surface area contributed by atoms with Gasteiger partial charge in [-0.3, -0.25) is 9.59 Å². The van der Waals surface area contributed by atoms with Crippen molar-refractivity contribution in [3.63, 3.8) is 0 Å². The van der Waals surface area contributed by atoms with Gasteiger partial charge >= 0.3 is 11.8 Å². The zero-order valence-electron chi connectivity index (χ0n) is 15.7. The number of halogens is 1. The lowest BCUT2D eigenvalue weighted by Crippen LogP contribution is -2.36. The highest BCUT2D eigenvalue weighted by Crippen LogP contribution is 2.18. The highest BCUT2D eigenvalue weighted by Gasteiger charge is 2.21. The molecule has 4 rings (SSSR count). The Morgan fingerprint density at radius 2 is 1.90 bits per heavy atom. The van der Waals surface area contributed by atoms with Crippen molar-refractivity contribution in [2.75, 3.05) is 0 Å². The molecule has 8 nitrogen and oxygen atoms in total. The van der Waals surface area contributed by atoms with E-state index in [2.05, 4.69) is 20.6 Å². The molecular weight excluding hydrogens is 377 g/mol. The minimum atomic E-state index is -0.406. The van der Waals surface area contributed by atoms with Crippen LogP contribution >= 0.6 is 0 Å². The lowest BCUT2D eigenvalue weighted by atomic mass is 9.95. The number of nitrogens with one attached hydrogen (secondary N) is 1. The van der Waals surface area contributed by atoms with Crippen LogP contribution in [0.15, 0.2) is 45.7 Å². The number of amides is 1. The quantitative estimate of drug-likeness (QED) is 0.710. The van der Waals surface area contributed by atoms with E-state index < -0.39 is 5.91 Å². The van der Waals surface area contributed by atoms with Crippen LogP contribution in [-0.2, 0) is 6.54 Å². The fourth-order valence-corrected chi connectivity index (χ4v) is 3.38. The number of benzene rings is 1. The van der Waals surface area contributed by atoms with E-state index in [9.17, 15) is 14.0 Å². The Morgan fingerprint density at radius 3 is 2.66 bits per heavy atom. The number of aromatic nitrogens is 4. The van der Waals surface area contributed by atoms with E-state index >= 15 is 0 Å². The third kappa shape index (κ3) is 4.56. The summed E-state index contributed by atoms with van der Waals surface area (Å²) in [5.41, 5.74) is 0.818. The maximum absolute atomic E-state index is 13.1. The third-order valence-corrected chi connectivity index (χ3v) is 4.90. The SMILES string of the molecule is O=C(NC1CCCCC1)c1nc(Cn2nc(-c3ccc(F)cc3)ccc2=O)no1. The molecule has 0 aliphatic heterocycles. The average Bonchev–Trinajstić information content (AvgIpc) is 3.20. The molecule has 9 heteroatoms. The fraction of sp³-hybridized carbons (Fsp3) is 0.350. The molecule has 1 aromatic carbocycles. The van der Waals surface area contributed by atoms with Crippen molar-refractivity contribution in [2.45, 2.75) is 44.7 Å². The lowest BCUT2D eigenvalue weighted by Gasteiger charge is -2.21. The standard InChI is InChI=1S/C20H20FN5O3/c21-14-8-6-13(7-9-14)16-10-11-18(27)26(24-16)12-17-23-20(29-25-17)19(28)22-15-4-2-1-3-5-15/h6-11,15H,1-5,12H2,(H,22,28). The van der Waals surface area contributed by atoms with Crippen molar-refractivity contribution in [3.8, 4) is 11.3 Å². The summed E-state index contributed by atoms with van der Waals surface area (Å²) in [6, 6.07) is 8.85. The second kappa shape index (κ2) is 8.34. The van der Waals surface area contributed by atoms with Crippen LogP contribution in [0.25, 0.3) is 11.3 Å². The molecule has 3 aromatic rings. The fourth-order valence-electron chi connectivity index (χ4n) is 3.38. The van der Waals surface area contributed by atoms with E-state index in [-0.39, 0.29) is 35.7 Å². The summed E-state index contributed by atoms with van der Waals surface area (Å²) in [5.74, 6) is -0.720. The molecule has 0 radical (unpaired) electrons. The van der Waals surface area contributed by atoms with Gasteiger partial charge < -0.3 is 9.84 Å². The Labute approximate surface area is 165 Å². The van der Waals surface area contributed by atoms with E-state index in [0.717, 1.165) is 25.7 Å². The molecule has 1 N–H and O–H groups in total. The van der Waals surface area contributed by atoms with Crippen LogP contribution in [-0.4, -0.2) is 31.9 Å². The van der Waals surface area contributed by atoms with Gasteiger partial charge in [0.1, 0.15) is 12.4 Å². The van der Waals surface area contributed by atoms with E-state index in [1.165, 1.54) is 29.3 Å². The molecule has 150 valence electrons. The van der Waals surface area contributed by atoms with Gasteiger partial charge in [-0.2, -0.15) is 10.1 Å². The van der Waals surface area contributed by atoms with E-state index in [4.69, 9.17) is 4.52 Å². The van der Waals surface area contributed by atoms with Crippen LogP contribution in [0.5, 0.6) is 0 Å². The minimum absolute atomic E-state index is 0.0475. The van der Waals surface area contributed by atoms with Gasteiger partial charge in [0.2, 0.25) is 0 Å². The number of carbonyl (C=O) groups is 1. The maximum atomic E-state index is 13.1. The predicted octanol–water partition coefficient (Wildman–Crippen LogP) is 2.54. The van der Waals surface area contributed by atoms with Crippen molar-refractivity contribution >= 4 is 5.91 Å². The second-order valence-corrected chi connectivity index (χ2v) is 7.05. The Balaban J connectivity index is 1.48. The normalized spacial score (nSPS) is 14.7. The van der Waals surface area contributed by atoms with Crippen LogP contribution in [0, 0.1) is 5.82 Å². The molecule has 1 amide bonds. The zero-order valence-corrected chi connectivity index (χ0v) is 15.7. The molecule has 1 aliphatic carbocycles. The van der Waals surface area contributed by atoms with Crippen LogP contribution in [0.2, 0.25) is 0 Å². The van der Waals surface area contributed by atoms with Crippen LogP contribution in [0.3, 0.4) is 0 Å². The van der Waals surface area contributed by atoms with Gasteiger partial charge in [0.05, 0.1) is 5.69 Å². The first-order valence-electron chi connectivity index (χ1n) is 9.56. The first-order valence-corrected chi connectivity index (χ1v) is 9.56. The van der Waals surface area contributed by atoms with Gasteiger partial charge in [0, 0.05) is 17.7 Å².